The fourth-order valence-electron chi connectivity index (χ4n) is 3.61. The van der Waals surface area contributed by atoms with Crippen molar-refractivity contribution < 1.29 is 5.11 Å². The molecule has 2 fully saturated rings. The van der Waals surface area contributed by atoms with E-state index in [1.165, 1.54) is 37.0 Å². The van der Waals surface area contributed by atoms with Crippen molar-refractivity contribution in [1.82, 2.24) is 4.98 Å². The number of nitrogens with zero attached hydrogens (tertiary/aromatic N) is 2. The van der Waals surface area contributed by atoms with Crippen LogP contribution in [0.2, 0.25) is 0 Å². The van der Waals surface area contributed by atoms with Gasteiger partial charge in [0.1, 0.15) is 0 Å². The standard InChI is InChI=1S/C15H24N2OS/c1-10-11(2)19-15(16-10)17-9-13(18)8-14(17)12-6-4-3-5-7-12/h12-14,18H,3-9H2,1-2H3. The molecule has 1 saturated heterocycles. The molecule has 106 valence electrons. The number of aliphatic hydroxyl groups is 1. The normalized spacial score (nSPS) is 29.1. The zero-order valence-corrected chi connectivity index (χ0v) is 12.7. The van der Waals surface area contributed by atoms with E-state index in [4.69, 9.17) is 4.98 Å². The first kappa shape index (κ1) is 13.4. The highest BCUT2D eigenvalue weighted by atomic mass is 32.1. The molecule has 2 aliphatic rings. The molecule has 3 nitrogen and oxygen atoms in total. The molecular formula is C15H24N2OS. The highest BCUT2D eigenvalue weighted by Gasteiger charge is 2.38. The van der Waals surface area contributed by atoms with Crippen LogP contribution in [0.4, 0.5) is 5.13 Å². The molecule has 0 radical (unpaired) electrons. The first-order valence-corrected chi connectivity index (χ1v) is 8.35. The van der Waals surface area contributed by atoms with E-state index in [1.54, 1.807) is 11.3 Å². The third kappa shape index (κ3) is 2.65. The topological polar surface area (TPSA) is 36.4 Å². The van der Waals surface area contributed by atoms with Gasteiger partial charge in [0.15, 0.2) is 5.13 Å². The van der Waals surface area contributed by atoms with Gasteiger partial charge < -0.3 is 10.0 Å². The maximum Gasteiger partial charge on any atom is 0.186 e. The van der Waals surface area contributed by atoms with Crippen LogP contribution >= 0.6 is 11.3 Å². The number of hydrogen-bond acceptors (Lipinski definition) is 4. The van der Waals surface area contributed by atoms with E-state index in [1.807, 2.05) is 0 Å². The van der Waals surface area contributed by atoms with Crippen molar-refractivity contribution in [3.8, 4) is 0 Å². The Morgan fingerprint density at radius 2 is 1.95 bits per heavy atom. The molecule has 1 aromatic heterocycles. The van der Waals surface area contributed by atoms with E-state index in [-0.39, 0.29) is 6.10 Å². The van der Waals surface area contributed by atoms with Gasteiger partial charge in [-0.3, -0.25) is 0 Å². The van der Waals surface area contributed by atoms with Crippen molar-refractivity contribution in [3.05, 3.63) is 10.6 Å². The number of aliphatic hydroxyl groups excluding tert-OH is 1. The highest BCUT2D eigenvalue weighted by Crippen LogP contribution is 2.38. The second-order valence-electron chi connectivity index (χ2n) is 6.15. The molecule has 3 rings (SSSR count). The molecule has 1 aliphatic heterocycles. The summed E-state index contributed by atoms with van der Waals surface area (Å²) in [7, 11) is 0. The lowest BCUT2D eigenvalue weighted by molar-refractivity contribution is 0.185. The summed E-state index contributed by atoms with van der Waals surface area (Å²) in [5.74, 6) is 0.760. The van der Waals surface area contributed by atoms with Crippen molar-refractivity contribution in [2.45, 2.75) is 64.5 Å². The third-order valence-electron chi connectivity index (χ3n) is 4.78. The Hall–Kier alpha value is -0.610. The molecule has 19 heavy (non-hydrogen) atoms. The predicted octanol–water partition coefficient (Wildman–Crippen LogP) is 3.28. The largest absolute Gasteiger partial charge is 0.391 e. The minimum absolute atomic E-state index is 0.170. The molecule has 0 spiro atoms. The maximum atomic E-state index is 10.1. The molecule has 0 bridgehead atoms. The number of β-amino-alcohol motifs (C(OH)–C–C–N with tert-alkyl or cyclic N) is 1. The van der Waals surface area contributed by atoms with Crippen molar-refractivity contribution in [2.75, 3.05) is 11.4 Å². The lowest BCUT2D eigenvalue weighted by Gasteiger charge is -2.33. The monoisotopic (exact) mass is 280 g/mol. The number of anilines is 1. The SMILES string of the molecule is Cc1nc(N2CC(O)CC2C2CCCCC2)sc1C. The van der Waals surface area contributed by atoms with Crippen LogP contribution in [0.15, 0.2) is 0 Å². The average Bonchev–Trinajstić information content (AvgIpc) is 2.95. The summed E-state index contributed by atoms with van der Waals surface area (Å²) in [6.45, 7) is 4.99. The molecule has 2 heterocycles. The number of aryl methyl sites for hydroxylation is 2. The van der Waals surface area contributed by atoms with Gasteiger partial charge in [-0.2, -0.15) is 0 Å². The Balaban J connectivity index is 1.81. The number of aromatic nitrogens is 1. The molecule has 2 atom stereocenters. The molecule has 0 amide bonds. The van der Waals surface area contributed by atoms with Gasteiger partial charge in [-0.15, -0.1) is 11.3 Å². The number of thiazole rings is 1. The Morgan fingerprint density at radius 3 is 2.58 bits per heavy atom. The van der Waals surface area contributed by atoms with Gasteiger partial charge in [0, 0.05) is 17.5 Å². The lowest BCUT2D eigenvalue weighted by Crippen LogP contribution is -2.36. The molecule has 2 unspecified atom stereocenters. The molecule has 1 aromatic rings. The van der Waals surface area contributed by atoms with E-state index in [0.717, 1.165) is 29.7 Å². The summed E-state index contributed by atoms with van der Waals surface area (Å²) in [5.41, 5.74) is 1.14. The van der Waals surface area contributed by atoms with E-state index in [9.17, 15) is 5.11 Å². The second-order valence-corrected chi connectivity index (χ2v) is 7.33. The fourth-order valence-corrected chi connectivity index (χ4v) is 4.58. The molecule has 4 heteroatoms. The minimum atomic E-state index is -0.170. The summed E-state index contributed by atoms with van der Waals surface area (Å²) in [6.07, 6.45) is 7.54. The van der Waals surface area contributed by atoms with Crippen LogP contribution < -0.4 is 4.90 Å². The summed E-state index contributed by atoms with van der Waals surface area (Å²) in [5, 5.41) is 11.2. The van der Waals surface area contributed by atoms with Crippen LogP contribution in [0.25, 0.3) is 0 Å². The van der Waals surface area contributed by atoms with Crippen LogP contribution in [-0.4, -0.2) is 28.8 Å². The van der Waals surface area contributed by atoms with E-state index >= 15 is 0 Å². The predicted molar refractivity (Wildman–Crippen MR) is 79.9 cm³/mol. The molecule has 1 aliphatic carbocycles. The highest BCUT2D eigenvalue weighted by molar-refractivity contribution is 7.15. The first-order chi connectivity index (χ1) is 9.15. The van der Waals surface area contributed by atoms with Gasteiger partial charge in [0.05, 0.1) is 11.8 Å². The summed E-state index contributed by atoms with van der Waals surface area (Å²) >= 11 is 1.79. The quantitative estimate of drug-likeness (QED) is 0.903. The summed E-state index contributed by atoms with van der Waals surface area (Å²) in [4.78, 5) is 8.40. The molecular weight excluding hydrogens is 256 g/mol. The number of rotatable bonds is 2. The zero-order chi connectivity index (χ0) is 13.4. The number of hydrogen-bond donors (Lipinski definition) is 1. The van der Waals surface area contributed by atoms with Crippen molar-refractivity contribution in [1.29, 1.82) is 0 Å². The summed E-state index contributed by atoms with van der Waals surface area (Å²) in [6, 6.07) is 0.514. The van der Waals surface area contributed by atoms with Gasteiger partial charge >= 0.3 is 0 Å². The Labute approximate surface area is 119 Å². The van der Waals surface area contributed by atoms with Gasteiger partial charge in [-0.05, 0) is 39.0 Å². The smallest absolute Gasteiger partial charge is 0.186 e. The fraction of sp³-hybridized carbons (Fsp3) is 0.800. The second kappa shape index (κ2) is 5.41. The third-order valence-corrected chi connectivity index (χ3v) is 5.89. The summed E-state index contributed by atoms with van der Waals surface area (Å²) < 4.78 is 0. The van der Waals surface area contributed by atoms with Crippen molar-refractivity contribution in [3.63, 3.8) is 0 Å². The Kier molecular flexibility index (Phi) is 3.81. The molecule has 1 N–H and O–H groups in total. The Bertz CT molecular complexity index is 420. The van der Waals surface area contributed by atoms with E-state index in [2.05, 4.69) is 18.7 Å². The van der Waals surface area contributed by atoms with Gasteiger partial charge in [-0.25, -0.2) is 4.98 Å². The van der Waals surface area contributed by atoms with Crippen LogP contribution in [0.1, 0.15) is 49.1 Å². The first-order valence-electron chi connectivity index (χ1n) is 7.54. The molecule has 0 aromatic carbocycles. The van der Waals surface area contributed by atoms with Crippen LogP contribution in [0.5, 0.6) is 0 Å². The lowest BCUT2D eigenvalue weighted by atomic mass is 9.83. The molecule has 1 saturated carbocycles. The zero-order valence-electron chi connectivity index (χ0n) is 11.9. The van der Waals surface area contributed by atoms with E-state index < -0.39 is 0 Å². The van der Waals surface area contributed by atoms with Gasteiger partial charge in [0.25, 0.3) is 0 Å². The van der Waals surface area contributed by atoms with Gasteiger partial charge in [-0.1, -0.05) is 19.3 Å². The minimum Gasteiger partial charge on any atom is -0.391 e. The Morgan fingerprint density at radius 1 is 1.21 bits per heavy atom. The van der Waals surface area contributed by atoms with Crippen molar-refractivity contribution >= 4 is 16.5 Å². The van der Waals surface area contributed by atoms with Crippen molar-refractivity contribution in [2.24, 2.45) is 5.92 Å². The van der Waals surface area contributed by atoms with Crippen LogP contribution in [-0.2, 0) is 0 Å². The average molecular weight is 280 g/mol. The van der Waals surface area contributed by atoms with Crippen LogP contribution in [0.3, 0.4) is 0 Å². The van der Waals surface area contributed by atoms with Gasteiger partial charge in [0.2, 0.25) is 0 Å². The van der Waals surface area contributed by atoms with Crippen LogP contribution in [0, 0.1) is 19.8 Å². The van der Waals surface area contributed by atoms with E-state index in [0.29, 0.717) is 6.04 Å². The maximum absolute atomic E-state index is 10.1.